The summed E-state index contributed by atoms with van der Waals surface area (Å²) in [5.41, 5.74) is 3.76. The number of methoxy groups -OCH3 is 1. The molecule has 0 aliphatic heterocycles. The molecule has 2 aromatic rings. The number of alkyl carbamates (subject to hydrolysis) is 1. The molecule has 0 radical (unpaired) electrons. The van der Waals surface area contributed by atoms with Gasteiger partial charge in [-0.3, -0.25) is 0 Å². The van der Waals surface area contributed by atoms with Gasteiger partial charge in [-0.05, 0) is 40.7 Å². The molecule has 186 valence electrons. The molecular weight excluding hydrogens is 467 g/mol. The second-order valence-electron chi connectivity index (χ2n) is 8.94. The minimum atomic E-state index is -4.62. The van der Waals surface area contributed by atoms with Crippen LogP contribution in [0.2, 0.25) is 5.15 Å². The predicted molar refractivity (Wildman–Crippen MR) is 115 cm³/mol. The molecule has 0 bridgehead atoms. The van der Waals surface area contributed by atoms with Crippen LogP contribution in [0.4, 0.5) is 18.0 Å². The summed E-state index contributed by atoms with van der Waals surface area (Å²) in [6.07, 6.45) is -4.03. The van der Waals surface area contributed by atoms with E-state index in [1.807, 2.05) is 0 Å². The number of rotatable bonds is 8. The van der Waals surface area contributed by atoms with E-state index in [0.29, 0.717) is 11.2 Å². The number of nitrogens with two attached hydrogens (primary N) is 1. The normalized spacial score (nSPS) is 14.9. The average Bonchev–Trinajstić information content (AvgIpc) is 3.04. The topological polar surface area (TPSA) is 113 Å². The average molecular weight is 496 g/mol. The van der Waals surface area contributed by atoms with Gasteiger partial charge in [0.05, 0.1) is 37.2 Å². The van der Waals surface area contributed by atoms with Gasteiger partial charge in [0.1, 0.15) is 5.60 Å². The van der Waals surface area contributed by atoms with Crippen molar-refractivity contribution in [1.82, 2.24) is 19.9 Å². The molecule has 0 aliphatic carbocycles. The van der Waals surface area contributed by atoms with Crippen LogP contribution in [0.25, 0.3) is 5.65 Å². The number of aromatic nitrogens is 3. The van der Waals surface area contributed by atoms with E-state index in [9.17, 15) is 18.0 Å². The van der Waals surface area contributed by atoms with Crippen LogP contribution in [-0.2, 0) is 14.2 Å². The van der Waals surface area contributed by atoms with Crippen LogP contribution in [0.1, 0.15) is 58.0 Å². The van der Waals surface area contributed by atoms with Gasteiger partial charge in [-0.15, -0.1) is 0 Å². The predicted octanol–water partition coefficient (Wildman–Crippen LogP) is 3.95. The smallest absolute Gasteiger partial charge is 0.416 e. The van der Waals surface area contributed by atoms with E-state index >= 15 is 0 Å². The number of carbonyl (C=O) groups is 1. The van der Waals surface area contributed by atoms with E-state index in [4.69, 9.17) is 31.5 Å². The fourth-order valence-corrected chi connectivity index (χ4v) is 2.93. The van der Waals surface area contributed by atoms with Gasteiger partial charge in [0.25, 0.3) is 0 Å². The Bertz CT molecular complexity index is 975. The molecule has 0 fully saturated rings. The highest BCUT2D eigenvalue weighted by Gasteiger charge is 2.49. The summed E-state index contributed by atoms with van der Waals surface area (Å²) < 4.78 is 56.5. The van der Waals surface area contributed by atoms with Crippen molar-refractivity contribution in [3.05, 3.63) is 28.7 Å². The Labute approximate surface area is 194 Å². The lowest BCUT2D eigenvalue weighted by atomic mass is 10.1. The maximum atomic E-state index is 13.3. The Hall–Kier alpha value is -2.15. The zero-order chi connectivity index (χ0) is 25.2. The molecule has 2 heterocycles. The highest BCUT2D eigenvalue weighted by atomic mass is 35.5. The van der Waals surface area contributed by atoms with Gasteiger partial charge >= 0.3 is 12.3 Å². The Morgan fingerprint density at radius 1 is 1.24 bits per heavy atom. The van der Waals surface area contributed by atoms with Crippen molar-refractivity contribution in [1.29, 1.82) is 0 Å². The third-order valence-electron chi connectivity index (χ3n) is 4.54. The fourth-order valence-electron chi connectivity index (χ4n) is 2.65. The molecule has 3 N–H and O–H groups in total. The van der Waals surface area contributed by atoms with Crippen molar-refractivity contribution in [2.75, 3.05) is 20.3 Å². The van der Waals surface area contributed by atoms with Crippen LogP contribution in [0.3, 0.4) is 0 Å². The lowest BCUT2D eigenvalue weighted by Gasteiger charge is -2.30. The largest absolute Gasteiger partial charge is 0.444 e. The number of fused-ring (bicyclic) bond motifs is 1. The summed E-state index contributed by atoms with van der Waals surface area (Å²) >= 11 is 6.22. The molecule has 1 amide bonds. The van der Waals surface area contributed by atoms with E-state index < -0.39 is 42.2 Å². The van der Waals surface area contributed by atoms with Crippen molar-refractivity contribution in [3.8, 4) is 0 Å². The van der Waals surface area contributed by atoms with Crippen molar-refractivity contribution < 1.29 is 32.2 Å². The minimum Gasteiger partial charge on any atom is -0.444 e. The minimum absolute atomic E-state index is 0.113. The zero-order valence-corrected chi connectivity index (χ0v) is 20.0. The quantitative estimate of drug-likeness (QED) is 0.570. The fraction of sp³-hybridized carbons (Fsp3) is 0.650. The number of carbonyl (C=O) groups excluding carboxylic acids is 1. The third kappa shape index (κ3) is 7.16. The van der Waals surface area contributed by atoms with Crippen LogP contribution in [-0.4, -0.2) is 58.4 Å². The number of hydrogen-bond acceptors (Lipinski definition) is 7. The Kier molecular flexibility index (Phi) is 8.21. The molecule has 2 rings (SSSR count). The molecule has 0 spiro atoms. The lowest BCUT2D eigenvalue weighted by Crippen LogP contribution is -2.44. The first-order chi connectivity index (χ1) is 15.0. The summed E-state index contributed by atoms with van der Waals surface area (Å²) in [7, 11) is 1.49. The number of amides is 1. The molecule has 2 aromatic heterocycles. The Morgan fingerprint density at radius 2 is 1.88 bits per heavy atom. The van der Waals surface area contributed by atoms with E-state index in [1.165, 1.54) is 17.8 Å². The van der Waals surface area contributed by atoms with Crippen LogP contribution >= 0.6 is 11.6 Å². The van der Waals surface area contributed by atoms with Gasteiger partial charge in [-0.2, -0.15) is 18.3 Å². The third-order valence-corrected chi connectivity index (χ3v) is 4.83. The number of imidazole rings is 1. The van der Waals surface area contributed by atoms with Crippen LogP contribution in [0.5, 0.6) is 0 Å². The number of nitrogens with one attached hydrogen (secondary N) is 1. The van der Waals surface area contributed by atoms with E-state index in [-0.39, 0.29) is 17.5 Å². The van der Waals surface area contributed by atoms with Crippen molar-refractivity contribution in [2.24, 2.45) is 5.73 Å². The second-order valence-corrected chi connectivity index (χ2v) is 9.30. The first-order valence-corrected chi connectivity index (χ1v) is 10.4. The standard InChI is InChI=1S/C20H29ClF3N5O4/c1-18(2,3)33-17(30)27-14(10-32-19(4,5)20(22,23)24)13-8-29-15(26-13)7-11(16(21)28-29)12(25)9-31-6/h7-8,12,14H,9-10,25H2,1-6H3,(H,27,30)/t12-,14+/m1/s1. The molecular formula is C20H29ClF3N5O4. The summed E-state index contributed by atoms with van der Waals surface area (Å²) in [6, 6.07) is -0.0436. The molecule has 0 unspecified atom stereocenters. The molecule has 0 saturated heterocycles. The van der Waals surface area contributed by atoms with Gasteiger partial charge in [-0.1, -0.05) is 11.6 Å². The first-order valence-electron chi connectivity index (χ1n) is 10.0. The maximum absolute atomic E-state index is 13.3. The lowest BCUT2D eigenvalue weighted by molar-refractivity contribution is -0.265. The number of halogens is 4. The summed E-state index contributed by atoms with van der Waals surface area (Å²) in [6.45, 7) is 6.43. The highest BCUT2D eigenvalue weighted by Crippen LogP contribution is 2.34. The van der Waals surface area contributed by atoms with Crippen molar-refractivity contribution in [3.63, 3.8) is 0 Å². The van der Waals surface area contributed by atoms with Gasteiger partial charge in [-0.25, -0.2) is 14.3 Å². The van der Waals surface area contributed by atoms with Crippen LogP contribution in [0.15, 0.2) is 12.3 Å². The monoisotopic (exact) mass is 495 g/mol. The Balaban J connectivity index is 2.39. The van der Waals surface area contributed by atoms with Crippen LogP contribution < -0.4 is 11.1 Å². The number of hydrogen-bond donors (Lipinski definition) is 2. The second kappa shape index (κ2) is 10.00. The van der Waals surface area contributed by atoms with Crippen LogP contribution in [0, 0.1) is 0 Å². The SMILES string of the molecule is COC[C@@H](N)c1cc2nc([C@H](COC(C)(C)C(F)(F)F)NC(=O)OC(C)(C)C)cn2nc1Cl. The van der Waals surface area contributed by atoms with E-state index in [0.717, 1.165) is 13.8 Å². The van der Waals surface area contributed by atoms with Gasteiger partial charge in [0, 0.05) is 12.7 Å². The zero-order valence-electron chi connectivity index (χ0n) is 19.3. The molecule has 0 saturated carbocycles. The van der Waals surface area contributed by atoms with Crippen molar-refractivity contribution in [2.45, 2.75) is 64.1 Å². The van der Waals surface area contributed by atoms with Gasteiger partial charge in [0.15, 0.2) is 16.4 Å². The molecule has 0 aliphatic rings. The maximum Gasteiger partial charge on any atom is 0.416 e. The summed E-state index contributed by atoms with van der Waals surface area (Å²) in [4.78, 5) is 16.7. The van der Waals surface area contributed by atoms with Gasteiger partial charge in [0.2, 0.25) is 0 Å². The number of alkyl halides is 3. The summed E-state index contributed by atoms with van der Waals surface area (Å²) in [5, 5.41) is 6.81. The number of nitrogens with zero attached hydrogens (tertiary/aromatic N) is 3. The van der Waals surface area contributed by atoms with Crippen molar-refractivity contribution >= 4 is 23.3 Å². The number of ether oxygens (including phenoxy) is 3. The van der Waals surface area contributed by atoms with Gasteiger partial charge < -0.3 is 25.3 Å². The van der Waals surface area contributed by atoms with E-state index in [2.05, 4.69) is 15.4 Å². The molecule has 33 heavy (non-hydrogen) atoms. The Morgan fingerprint density at radius 3 is 2.42 bits per heavy atom. The first kappa shape index (κ1) is 27.1. The molecule has 9 nitrogen and oxygen atoms in total. The molecule has 0 aromatic carbocycles. The molecule has 13 heteroatoms. The summed E-state index contributed by atoms with van der Waals surface area (Å²) in [5.74, 6) is 0. The highest BCUT2D eigenvalue weighted by molar-refractivity contribution is 6.30. The molecule has 2 atom stereocenters. The van der Waals surface area contributed by atoms with E-state index in [1.54, 1.807) is 26.8 Å².